The van der Waals surface area contributed by atoms with Gasteiger partial charge < -0.3 is 15.2 Å². The Balaban J connectivity index is 2.02. The Morgan fingerprint density at radius 2 is 1.69 bits per heavy atom. The molecule has 2 rings (SSSR count). The molecule has 0 saturated carbocycles. The number of rotatable bonds is 7. The van der Waals surface area contributed by atoms with Crippen molar-refractivity contribution in [3.63, 3.8) is 0 Å². The number of esters is 1. The number of amides is 1. The van der Waals surface area contributed by atoms with Crippen molar-refractivity contribution in [1.29, 1.82) is 0 Å². The monoisotopic (exact) mass is 484 g/mol. The summed E-state index contributed by atoms with van der Waals surface area (Å²) in [4.78, 5) is 24.5. The summed E-state index contributed by atoms with van der Waals surface area (Å²) in [7, 11) is -3.63. The molecule has 1 atom stereocenters. The summed E-state index contributed by atoms with van der Waals surface area (Å²) >= 11 is 3.19. The average molecular weight is 485 g/mol. The number of halogens is 1. The van der Waals surface area contributed by atoms with Crippen LogP contribution in [0.25, 0.3) is 0 Å². The van der Waals surface area contributed by atoms with Crippen LogP contribution in [0, 0.1) is 0 Å². The number of anilines is 1. The van der Waals surface area contributed by atoms with Crippen molar-refractivity contribution < 1.29 is 27.9 Å². The molecule has 0 aliphatic rings. The van der Waals surface area contributed by atoms with Gasteiger partial charge in [0.1, 0.15) is 11.3 Å². The van der Waals surface area contributed by atoms with E-state index in [-0.39, 0.29) is 22.3 Å². The predicted octanol–water partition coefficient (Wildman–Crippen LogP) is 3.03. The van der Waals surface area contributed by atoms with E-state index >= 15 is 0 Å². The number of carbonyl (C=O) groups is 2. The van der Waals surface area contributed by atoms with E-state index in [0.29, 0.717) is 10.2 Å². The largest absolute Gasteiger partial charge is 0.507 e. The molecule has 156 valence electrons. The van der Waals surface area contributed by atoms with E-state index in [9.17, 15) is 23.1 Å². The molecule has 10 heteroatoms. The lowest BCUT2D eigenvalue weighted by atomic mass is 10.2. The highest BCUT2D eigenvalue weighted by Crippen LogP contribution is 2.23. The Morgan fingerprint density at radius 1 is 1.07 bits per heavy atom. The summed E-state index contributed by atoms with van der Waals surface area (Å²) in [5, 5.41) is 12.3. The molecule has 0 aliphatic carbocycles. The van der Waals surface area contributed by atoms with Gasteiger partial charge in [-0.3, -0.25) is 4.79 Å². The first-order chi connectivity index (χ1) is 13.5. The Bertz CT molecular complexity index is 1010. The number of carbonyl (C=O) groups excluding carboxylic acids is 2. The van der Waals surface area contributed by atoms with Crippen molar-refractivity contribution in [1.82, 2.24) is 4.72 Å². The second-order valence-electron chi connectivity index (χ2n) is 6.50. The average Bonchev–Trinajstić information content (AvgIpc) is 2.63. The number of phenolic OH excluding ortho intramolecular Hbond substituents is 1. The third-order valence-electron chi connectivity index (χ3n) is 3.65. The first-order valence-electron chi connectivity index (χ1n) is 8.62. The summed E-state index contributed by atoms with van der Waals surface area (Å²) < 4.78 is 32.3. The van der Waals surface area contributed by atoms with Crippen LogP contribution in [-0.2, 0) is 19.6 Å². The van der Waals surface area contributed by atoms with E-state index in [4.69, 9.17) is 4.74 Å². The molecule has 0 aromatic heterocycles. The first kappa shape index (κ1) is 22.9. The minimum absolute atomic E-state index is 0.0637. The topological polar surface area (TPSA) is 122 Å². The van der Waals surface area contributed by atoms with Gasteiger partial charge in [0.25, 0.3) is 5.91 Å². The molecule has 0 bridgehead atoms. The van der Waals surface area contributed by atoms with Gasteiger partial charge >= 0.3 is 5.97 Å². The number of hydrogen-bond acceptors (Lipinski definition) is 6. The van der Waals surface area contributed by atoms with Gasteiger partial charge in [-0.25, -0.2) is 17.9 Å². The van der Waals surface area contributed by atoms with Crippen molar-refractivity contribution in [3.05, 3.63) is 52.5 Å². The van der Waals surface area contributed by atoms with Gasteiger partial charge in [0.2, 0.25) is 10.0 Å². The molecule has 2 aromatic carbocycles. The lowest BCUT2D eigenvalue weighted by Gasteiger charge is -2.15. The lowest BCUT2D eigenvalue weighted by molar-refractivity contribution is -0.123. The van der Waals surface area contributed by atoms with Gasteiger partial charge in [-0.15, -0.1) is 0 Å². The maximum atomic E-state index is 12.3. The maximum absolute atomic E-state index is 12.3. The fraction of sp³-hybridized carbons (Fsp3) is 0.263. The zero-order chi connectivity index (χ0) is 21.8. The fourth-order valence-electron chi connectivity index (χ4n) is 2.29. The van der Waals surface area contributed by atoms with E-state index in [0.717, 1.165) is 0 Å². The third kappa shape index (κ3) is 6.28. The number of hydrogen-bond donors (Lipinski definition) is 3. The van der Waals surface area contributed by atoms with Crippen LogP contribution < -0.4 is 10.0 Å². The highest BCUT2D eigenvalue weighted by molar-refractivity contribution is 9.10. The molecule has 0 aliphatic heterocycles. The van der Waals surface area contributed by atoms with Crippen LogP contribution in [0.5, 0.6) is 5.75 Å². The second kappa shape index (κ2) is 9.38. The van der Waals surface area contributed by atoms with Crippen LogP contribution in [0.15, 0.2) is 51.8 Å². The first-order valence-corrected chi connectivity index (χ1v) is 10.9. The van der Waals surface area contributed by atoms with Gasteiger partial charge in [0.15, 0.2) is 6.10 Å². The Kier molecular flexibility index (Phi) is 7.39. The second-order valence-corrected chi connectivity index (χ2v) is 9.13. The zero-order valence-corrected chi connectivity index (χ0v) is 18.4. The van der Waals surface area contributed by atoms with E-state index in [1.54, 1.807) is 19.9 Å². The standard InChI is InChI=1S/C19H21BrN2O6S/c1-11(2)22-29(26,27)15-7-5-14(6-8-15)21-18(24)12(3)28-19(25)16-10-13(20)4-9-17(16)23/h4-12,22-23H,1-3H3,(H,21,24). The molecular formula is C19H21BrN2O6S. The van der Waals surface area contributed by atoms with E-state index in [1.165, 1.54) is 43.3 Å². The van der Waals surface area contributed by atoms with Gasteiger partial charge in [-0.2, -0.15) is 0 Å². The maximum Gasteiger partial charge on any atom is 0.342 e. The minimum Gasteiger partial charge on any atom is -0.507 e. The van der Waals surface area contributed by atoms with Gasteiger partial charge in [0.05, 0.1) is 4.90 Å². The number of nitrogens with one attached hydrogen (secondary N) is 2. The van der Waals surface area contributed by atoms with Crippen LogP contribution in [0.4, 0.5) is 5.69 Å². The van der Waals surface area contributed by atoms with Crippen molar-refractivity contribution in [3.8, 4) is 5.75 Å². The minimum atomic E-state index is -3.63. The number of sulfonamides is 1. The fourth-order valence-corrected chi connectivity index (χ4v) is 3.90. The molecule has 0 heterocycles. The predicted molar refractivity (Wildman–Crippen MR) is 111 cm³/mol. The molecule has 2 aromatic rings. The number of ether oxygens (including phenoxy) is 1. The van der Waals surface area contributed by atoms with E-state index < -0.39 is 28.0 Å². The molecule has 3 N–H and O–H groups in total. The van der Waals surface area contributed by atoms with Crippen molar-refractivity contribution in [2.45, 2.75) is 37.8 Å². The Morgan fingerprint density at radius 3 is 2.28 bits per heavy atom. The van der Waals surface area contributed by atoms with E-state index in [2.05, 4.69) is 26.0 Å². The summed E-state index contributed by atoms with van der Waals surface area (Å²) in [6, 6.07) is 9.60. The third-order valence-corrected chi connectivity index (χ3v) is 5.82. The van der Waals surface area contributed by atoms with Crippen molar-refractivity contribution in [2.75, 3.05) is 5.32 Å². The van der Waals surface area contributed by atoms with Crippen LogP contribution in [0.3, 0.4) is 0 Å². The number of phenols is 1. The molecule has 0 spiro atoms. The zero-order valence-electron chi connectivity index (χ0n) is 16.0. The van der Waals surface area contributed by atoms with Crippen LogP contribution in [0.1, 0.15) is 31.1 Å². The van der Waals surface area contributed by atoms with Gasteiger partial charge in [-0.1, -0.05) is 15.9 Å². The molecule has 1 unspecified atom stereocenters. The summed E-state index contributed by atoms with van der Waals surface area (Å²) in [6.07, 6.45) is -1.15. The van der Waals surface area contributed by atoms with Crippen LogP contribution in [0.2, 0.25) is 0 Å². The van der Waals surface area contributed by atoms with Crippen LogP contribution in [-0.4, -0.2) is 37.5 Å². The Hall–Kier alpha value is -2.43. The van der Waals surface area contributed by atoms with Gasteiger partial charge in [0, 0.05) is 16.2 Å². The highest BCUT2D eigenvalue weighted by Gasteiger charge is 2.22. The summed E-state index contributed by atoms with van der Waals surface area (Å²) in [6.45, 7) is 4.80. The highest BCUT2D eigenvalue weighted by atomic mass is 79.9. The molecule has 0 fully saturated rings. The Labute approximate surface area is 177 Å². The van der Waals surface area contributed by atoms with Gasteiger partial charge in [-0.05, 0) is 63.2 Å². The molecule has 1 amide bonds. The number of aromatic hydroxyl groups is 1. The normalized spacial score (nSPS) is 12.4. The molecule has 8 nitrogen and oxygen atoms in total. The smallest absolute Gasteiger partial charge is 0.342 e. The van der Waals surface area contributed by atoms with E-state index in [1.807, 2.05) is 0 Å². The number of benzene rings is 2. The quantitative estimate of drug-likeness (QED) is 0.519. The van der Waals surface area contributed by atoms with Crippen molar-refractivity contribution >= 4 is 43.5 Å². The molecule has 0 saturated heterocycles. The van der Waals surface area contributed by atoms with Crippen LogP contribution >= 0.6 is 15.9 Å². The van der Waals surface area contributed by atoms with Crippen molar-refractivity contribution in [2.24, 2.45) is 0 Å². The summed E-state index contributed by atoms with van der Waals surface area (Å²) in [5.41, 5.74) is 0.262. The molecule has 0 radical (unpaired) electrons. The summed E-state index contributed by atoms with van der Waals surface area (Å²) in [5.74, 6) is -1.73. The molecule has 29 heavy (non-hydrogen) atoms. The SMILES string of the molecule is CC(C)NS(=O)(=O)c1ccc(NC(=O)C(C)OC(=O)c2cc(Br)ccc2O)cc1. The lowest BCUT2D eigenvalue weighted by Crippen LogP contribution is -2.30. The molecular weight excluding hydrogens is 464 g/mol.